The predicted molar refractivity (Wildman–Crippen MR) is 60.8 cm³/mol. The summed E-state index contributed by atoms with van der Waals surface area (Å²) in [5.74, 6) is -0.115. The molecule has 0 unspecified atom stereocenters. The molecule has 1 aliphatic heterocycles. The summed E-state index contributed by atoms with van der Waals surface area (Å²) in [6.07, 6.45) is 4.27. The van der Waals surface area contributed by atoms with E-state index in [-0.39, 0.29) is 5.82 Å². The normalized spacial score (nSPS) is 13.6. The lowest BCUT2D eigenvalue weighted by molar-refractivity contribution is 0.619. The molecule has 0 saturated carbocycles. The van der Waals surface area contributed by atoms with E-state index in [2.05, 4.69) is 10.4 Å². The van der Waals surface area contributed by atoms with Gasteiger partial charge in [-0.3, -0.25) is 4.68 Å². The number of nitrogens with one attached hydrogen (secondary N) is 1. The lowest BCUT2D eigenvalue weighted by atomic mass is 10.0. The number of anilines is 1. The molecule has 0 radical (unpaired) electrons. The van der Waals surface area contributed by atoms with Gasteiger partial charge >= 0.3 is 0 Å². The van der Waals surface area contributed by atoms with E-state index in [0.29, 0.717) is 5.56 Å². The SMILES string of the molecule is Cn1cc(-c2ccc3c(c2F)CCN3)cn1. The fourth-order valence-electron chi connectivity index (χ4n) is 2.14. The van der Waals surface area contributed by atoms with E-state index in [1.165, 1.54) is 0 Å². The topological polar surface area (TPSA) is 29.9 Å². The third-order valence-corrected chi connectivity index (χ3v) is 2.95. The van der Waals surface area contributed by atoms with Crippen LogP contribution in [0.25, 0.3) is 11.1 Å². The molecule has 1 aliphatic rings. The van der Waals surface area contributed by atoms with Crippen LogP contribution in [0.5, 0.6) is 0 Å². The minimum Gasteiger partial charge on any atom is -0.384 e. The van der Waals surface area contributed by atoms with Crippen molar-refractivity contribution in [2.45, 2.75) is 6.42 Å². The lowest BCUT2D eigenvalue weighted by Gasteiger charge is -2.05. The van der Waals surface area contributed by atoms with Crippen LogP contribution >= 0.6 is 0 Å². The van der Waals surface area contributed by atoms with Crippen LogP contribution in [-0.4, -0.2) is 16.3 Å². The van der Waals surface area contributed by atoms with Crippen LogP contribution < -0.4 is 5.32 Å². The van der Waals surface area contributed by atoms with Crippen LogP contribution in [0.4, 0.5) is 10.1 Å². The Kier molecular flexibility index (Phi) is 1.96. The largest absolute Gasteiger partial charge is 0.384 e. The second-order valence-corrected chi connectivity index (χ2v) is 4.03. The summed E-state index contributed by atoms with van der Waals surface area (Å²) in [4.78, 5) is 0. The van der Waals surface area contributed by atoms with Gasteiger partial charge in [0.15, 0.2) is 0 Å². The van der Waals surface area contributed by atoms with Crippen LogP contribution in [0.1, 0.15) is 5.56 Å². The van der Waals surface area contributed by atoms with Crippen LogP contribution in [-0.2, 0) is 13.5 Å². The van der Waals surface area contributed by atoms with Crippen molar-refractivity contribution in [3.63, 3.8) is 0 Å². The molecule has 0 spiro atoms. The molecule has 1 N–H and O–H groups in total. The second-order valence-electron chi connectivity index (χ2n) is 4.03. The summed E-state index contributed by atoms with van der Waals surface area (Å²) < 4.78 is 15.9. The Hall–Kier alpha value is -1.84. The Morgan fingerprint density at radius 3 is 3.06 bits per heavy atom. The van der Waals surface area contributed by atoms with Crippen LogP contribution in [0, 0.1) is 5.82 Å². The van der Waals surface area contributed by atoms with E-state index in [1.807, 2.05) is 25.4 Å². The average molecular weight is 217 g/mol. The van der Waals surface area contributed by atoms with Gasteiger partial charge in [0.25, 0.3) is 0 Å². The molecule has 3 nitrogen and oxygen atoms in total. The number of nitrogens with zero attached hydrogens (tertiary/aromatic N) is 2. The molecule has 0 saturated heterocycles. The second kappa shape index (κ2) is 3.33. The molecule has 3 rings (SSSR count). The van der Waals surface area contributed by atoms with Crippen LogP contribution in [0.15, 0.2) is 24.5 Å². The number of rotatable bonds is 1. The molecule has 4 heteroatoms. The zero-order valence-corrected chi connectivity index (χ0v) is 9.00. The molecule has 2 aromatic rings. The van der Waals surface area contributed by atoms with Gasteiger partial charge in [-0.2, -0.15) is 5.10 Å². The zero-order valence-electron chi connectivity index (χ0n) is 9.00. The molecule has 0 fully saturated rings. The maximum absolute atomic E-state index is 14.2. The van der Waals surface area contributed by atoms with Gasteiger partial charge in [0.1, 0.15) is 5.82 Å². The molecule has 0 aliphatic carbocycles. The molecule has 0 atom stereocenters. The summed E-state index contributed by atoms with van der Waals surface area (Å²) in [5, 5.41) is 7.23. The van der Waals surface area contributed by atoms with Crippen molar-refractivity contribution in [2.24, 2.45) is 7.05 Å². The number of aryl methyl sites for hydroxylation is 1. The summed E-state index contributed by atoms with van der Waals surface area (Å²) >= 11 is 0. The van der Waals surface area contributed by atoms with E-state index < -0.39 is 0 Å². The quantitative estimate of drug-likeness (QED) is 0.793. The lowest BCUT2D eigenvalue weighted by Crippen LogP contribution is -1.90. The van der Waals surface area contributed by atoms with Crippen molar-refractivity contribution in [3.05, 3.63) is 35.9 Å². The Morgan fingerprint density at radius 1 is 1.44 bits per heavy atom. The molecular formula is C12H12FN3. The molecule has 16 heavy (non-hydrogen) atoms. The molecule has 82 valence electrons. The minimum atomic E-state index is -0.115. The van der Waals surface area contributed by atoms with Crippen molar-refractivity contribution in [1.82, 2.24) is 9.78 Å². The number of hydrogen-bond acceptors (Lipinski definition) is 2. The summed E-state index contributed by atoms with van der Waals surface area (Å²) in [6, 6.07) is 3.75. The number of benzene rings is 1. The number of aromatic nitrogens is 2. The van der Waals surface area contributed by atoms with Crippen LogP contribution in [0.3, 0.4) is 0 Å². The highest BCUT2D eigenvalue weighted by Gasteiger charge is 2.18. The fourth-order valence-corrected chi connectivity index (χ4v) is 2.14. The van der Waals surface area contributed by atoms with Gasteiger partial charge in [-0.25, -0.2) is 4.39 Å². The smallest absolute Gasteiger partial charge is 0.136 e. The van der Waals surface area contributed by atoms with Crippen molar-refractivity contribution < 1.29 is 4.39 Å². The zero-order chi connectivity index (χ0) is 11.1. The Labute approximate surface area is 92.9 Å². The predicted octanol–water partition coefficient (Wildman–Crippen LogP) is 2.19. The summed E-state index contributed by atoms with van der Waals surface area (Å²) in [5.41, 5.74) is 3.18. The van der Waals surface area contributed by atoms with Gasteiger partial charge in [0, 0.05) is 42.2 Å². The van der Waals surface area contributed by atoms with Crippen molar-refractivity contribution in [2.75, 3.05) is 11.9 Å². The molecule has 1 aromatic carbocycles. The molecule has 0 bridgehead atoms. The maximum Gasteiger partial charge on any atom is 0.136 e. The van der Waals surface area contributed by atoms with Crippen molar-refractivity contribution in [1.29, 1.82) is 0 Å². The first-order valence-electron chi connectivity index (χ1n) is 5.30. The van der Waals surface area contributed by atoms with Gasteiger partial charge in [0.2, 0.25) is 0 Å². The van der Waals surface area contributed by atoms with Crippen LogP contribution in [0.2, 0.25) is 0 Å². The van der Waals surface area contributed by atoms with E-state index >= 15 is 0 Å². The first-order valence-corrected chi connectivity index (χ1v) is 5.30. The first kappa shape index (κ1) is 9.39. The van der Waals surface area contributed by atoms with Gasteiger partial charge in [0.05, 0.1) is 6.20 Å². The third-order valence-electron chi connectivity index (χ3n) is 2.95. The Bertz CT molecular complexity index is 545. The highest BCUT2D eigenvalue weighted by atomic mass is 19.1. The minimum absolute atomic E-state index is 0.115. The third kappa shape index (κ3) is 1.30. The summed E-state index contributed by atoms with van der Waals surface area (Å²) in [7, 11) is 1.83. The van der Waals surface area contributed by atoms with E-state index in [9.17, 15) is 4.39 Å². The van der Waals surface area contributed by atoms with E-state index in [4.69, 9.17) is 0 Å². The highest BCUT2D eigenvalue weighted by molar-refractivity contribution is 5.70. The van der Waals surface area contributed by atoms with Gasteiger partial charge in [-0.05, 0) is 18.6 Å². The highest BCUT2D eigenvalue weighted by Crippen LogP contribution is 2.32. The summed E-state index contributed by atoms with van der Waals surface area (Å²) in [6.45, 7) is 0.822. The number of hydrogen-bond donors (Lipinski definition) is 1. The standard InChI is InChI=1S/C12H12FN3/c1-16-7-8(6-15-16)9-2-3-11-10(12(9)13)4-5-14-11/h2-3,6-7,14H,4-5H2,1H3. The molecule has 1 aromatic heterocycles. The van der Waals surface area contributed by atoms with Gasteiger partial charge in [-0.15, -0.1) is 0 Å². The monoisotopic (exact) mass is 217 g/mol. The fraction of sp³-hybridized carbons (Fsp3) is 0.250. The molecule has 0 amide bonds. The number of fused-ring (bicyclic) bond motifs is 1. The average Bonchev–Trinajstić information content (AvgIpc) is 2.87. The number of halogens is 1. The van der Waals surface area contributed by atoms with E-state index in [0.717, 1.165) is 29.8 Å². The molecule has 2 heterocycles. The van der Waals surface area contributed by atoms with Crippen molar-refractivity contribution >= 4 is 5.69 Å². The Balaban J connectivity index is 2.15. The van der Waals surface area contributed by atoms with Gasteiger partial charge < -0.3 is 5.32 Å². The van der Waals surface area contributed by atoms with Crippen molar-refractivity contribution in [3.8, 4) is 11.1 Å². The van der Waals surface area contributed by atoms with E-state index in [1.54, 1.807) is 10.9 Å². The Morgan fingerprint density at radius 2 is 2.31 bits per heavy atom. The van der Waals surface area contributed by atoms with Gasteiger partial charge in [-0.1, -0.05) is 0 Å². The first-order chi connectivity index (χ1) is 7.75. The maximum atomic E-state index is 14.2. The molecular weight excluding hydrogens is 205 g/mol.